The molecule has 2 heterocycles. The number of carbonyl (C=O) groups is 1. The first-order valence-corrected chi connectivity index (χ1v) is 6.66. The Morgan fingerprint density at radius 1 is 1.26 bits per heavy atom. The summed E-state index contributed by atoms with van der Waals surface area (Å²) >= 11 is 0. The van der Waals surface area contributed by atoms with Crippen LogP contribution >= 0.6 is 0 Å². The SMILES string of the molecule is CC1(C)CC(=O)c2ccn(Cc3ccccn3)c2C1. The van der Waals surface area contributed by atoms with E-state index in [4.69, 9.17) is 0 Å². The lowest BCUT2D eigenvalue weighted by Crippen LogP contribution is -2.28. The van der Waals surface area contributed by atoms with E-state index in [1.165, 1.54) is 0 Å². The number of aromatic nitrogens is 2. The van der Waals surface area contributed by atoms with Crippen molar-refractivity contribution in [3.63, 3.8) is 0 Å². The van der Waals surface area contributed by atoms with E-state index in [1.807, 2.05) is 30.5 Å². The van der Waals surface area contributed by atoms with Crippen molar-refractivity contribution >= 4 is 5.78 Å². The molecule has 0 aliphatic heterocycles. The Labute approximate surface area is 113 Å². The fourth-order valence-electron chi connectivity index (χ4n) is 2.82. The van der Waals surface area contributed by atoms with E-state index in [0.717, 1.165) is 29.9 Å². The van der Waals surface area contributed by atoms with Crippen molar-refractivity contribution in [3.8, 4) is 0 Å². The summed E-state index contributed by atoms with van der Waals surface area (Å²) in [7, 11) is 0. The van der Waals surface area contributed by atoms with Crippen LogP contribution in [-0.4, -0.2) is 15.3 Å². The topological polar surface area (TPSA) is 34.9 Å². The Morgan fingerprint density at radius 3 is 2.84 bits per heavy atom. The molecule has 0 radical (unpaired) electrons. The summed E-state index contributed by atoms with van der Waals surface area (Å²) in [5, 5.41) is 0. The maximum absolute atomic E-state index is 12.1. The lowest BCUT2D eigenvalue weighted by molar-refractivity contribution is 0.0910. The molecular weight excluding hydrogens is 236 g/mol. The molecule has 0 saturated carbocycles. The molecule has 0 atom stereocenters. The van der Waals surface area contributed by atoms with Gasteiger partial charge >= 0.3 is 0 Å². The van der Waals surface area contributed by atoms with Crippen molar-refractivity contribution in [2.75, 3.05) is 0 Å². The highest BCUT2D eigenvalue weighted by Crippen LogP contribution is 2.35. The summed E-state index contributed by atoms with van der Waals surface area (Å²) in [5.74, 6) is 0.269. The van der Waals surface area contributed by atoms with Gasteiger partial charge in [-0.05, 0) is 30.0 Å². The first-order chi connectivity index (χ1) is 9.05. The van der Waals surface area contributed by atoms with Gasteiger partial charge in [-0.15, -0.1) is 0 Å². The summed E-state index contributed by atoms with van der Waals surface area (Å²) in [5.41, 5.74) is 3.14. The molecule has 0 aromatic carbocycles. The first-order valence-electron chi connectivity index (χ1n) is 6.66. The van der Waals surface area contributed by atoms with Gasteiger partial charge < -0.3 is 4.57 Å². The van der Waals surface area contributed by atoms with Crippen LogP contribution < -0.4 is 0 Å². The van der Waals surface area contributed by atoms with E-state index >= 15 is 0 Å². The monoisotopic (exact) mass is 254 g/mol. The van der Waals surface area contributed by atoms with Crippen LogP contribution in [0.15, 0.2) is 36.7 Å². The van der Waals surface area contributed by atoms with Crippen molar-refractivity contribution in [2.45, 2.75) is 33.2 Å². The molecular formula is C16H18N2O. The predicted molar refractivity (Wildman–Crippen MR) is 74.2 cm³/mol. The Kier molecular flexibility index (Phi) is 2.77. The molecule has 0 amide bonds. The van der Waals surface area contributed by atoms with E-state index in [2.05, 4.69) is 23.4 Å². The first kappa shape index (κ1) is 12.2. The van der Waals surface area contributed by atoms with E-state index in [0.29, 0.717) is 6.42 Å². The normalized spacial score (nSPS) is 17.3. The number of Topliss-reactive ketones (excluding diaryl/α,β-unsaturated/α-hetero) is 1. The summed E-state index contributed by atoms with van der Waals surface area (Å²) in [6.45, 7) is 5.05. The second kappa shape index (κ2) is 4.34. The van der Waals surface area contributed by atoms with E-state index in [-0.39, 0.29) is 11.2 Å². The second-order valence-corrected chi connectivity index (χ2v) is 6.07. The standard InChI is InChI=1S/C16H18N2O/c1-16(2)9-14-13(15(19)10-16)6-8-18(14)11-12-5-3-4-7-17-12/h3-8H,9-11H2,1-2H3. The number of carbonyl (C=O) groups excluding carboxylic acids is 1. The molecule has 19 heavy (non-hydrogen) atoms. The lowest BCUT2D eigenvalue weighted by atomic mass is 9.76. The molecule has 3 rings (SSSR count). The molecule has 1 aliphatic carbocycles. The molecule has 2 aromatic rings. The zero-order chi connectivity index (χ0) is 13.5. The van der Waals surface area contributed by atoms with Crippen molar-refractivity contribution < 1.29 is 4.79 Å². The molecule has 0 spiro atoms. The molecule has 0 bridgehead atoms. The van der Waals surface area contributed by atoms with Crippen LogP contribution in [0.25, 0.3) is 0 Å². The van der Waals surface area contributed by atoms with E-state index in [1.54, 1.807) is 6.20 Å². The lowest BCUT2D eigenvalue weighted by Gasteiger charge is -2.29. The highest BCUT2D eigenvalue weighted by atomic mass is 16.1. The van der Waals surface area contributed by atoms with Crippen molar-refractivity contribution in [1.29, 1.82) is 0 Å². The van der Waals surface area contributed by atoms with Gasteiger partial charge in [-0.3, -0.25) is 9.78 Å². The molecule has 0 N–H and O–H groups in total. The van der Waals surface area contributed by atoms with Gasteiger partial charge in [0, 0.05) is 30.1 Å². The minimum absolute atomic E-state index is 0.0598. The van der Waals surface area contributed by atoms with Crippen LogP contribution in [0.3, 0.4) is 0 Å². The maximum atomic E-state index is 12.1. The Bertz CT molecular complexity index is 611. The van der Waals surface area contributed by atoms with Gasteiger partial charge in [-0.25, -0.2) is 0 Å². The number of hydrogen-bond donors (Lipinski definition) is 0. The molecule has 2 aromatic heterocycles. The van der Waals surface area contributed by atoms with Gasteiger partial charge in [0.25, 0.3) is 0 Å². The average Bonchev–Trinajstić information content (AvgIpc) is 2.72. The van der Waals surface area contributed by atoms with Crippen LogP contribution in [0.1, 0.15) is 42.0 Å². The van der Waals surface area contributed by atoms with Gasteiger partial charge in [0.1, 0.15) is 0 Å². The van der Waals surface area contributed by atoms with Crippen molar-refractivity contribution in [2.24, 2.45) is 5.41 Å². The number of hydrogen-bond acceptors (Lipinski definition) is 2. The number of ketones is 1. The second-order valence-electron chi connectivity index (χ2n) is 6.07. The van der Waals surface area contributed by atoms with Crippen LogP contribution in [0, 0.1) is 5.41 Å². The number of rotatable bonds is 2. The molecule has 1 aliphatic rings. The van der Waals surface area contributed by atoms with E-state index in [9.17, 15) is 4.79 Å². The molecule has 3 heteroatoms. The minimum Gasteiger partial charge on any atom is -0.345 e. The molecule has 3 nitrogen and oxygen atoms in total. The predicted octanol–water partition coefficient (Wildman–Crippen LogP) is 3.09. The summed E-state index contributed by atoms with van der Waals surface area (Å²) in [6.07, 6.45) is 5.42. The zero-order valence-electron chi connectivity index (χ0n) is 11.4. The molecule has 98 valence electrons. The van der Waals surface area contributed by atoms with Gasteiger partial charge in [0.2, 0.25) is 0 Å². The quantitative estimate of drug-likeness (QED) is 0.825. The fourth-order valence-corrected chi connectivity index (χ4v) is 2.82. The van der Waals surface area contributed by atoms with Crippen LogP contribution in [0.4, 0.5) is 0 Å². The van der Waals surface area contributed by atoms with Crippen LogP contribution in [-0.2, 0) is 13.0 Å². The molecule has 0 unspecified atom stereocenters. The Morgan fingerprint density at radius 2 is 2.11 bits per heavy atom. The third-order valence-corrected chi connectivity index (χ3v) is 3.72. The van der Waals surface area contributed by atoms with Gasteiger partial charge in [0.05, 0.1) is 12.2 Å². The summed E-state index contributed by atoms with van der Waals surface area (Å²) < 4.78 is 2.16. The summed E-state index contributed by atoms with van der Waals surface area (Å²) in [4.78, 5) is 16.5. The third kappa shape index (κ3) is 2.33. The Hall–Kier alpha value is -1.90. The fraction of sp³-hybridized carbons (Fsp3) is 0.375. The third-order valence-electron chi connectivity index (χ3n) is 3.72. The van der Waals surface area contributed by atoms with Crippen LogP contribution in [0.2, 0.25) is 0 Å². The smallest absolute Gasteiger partial charge is 0.165 e. The number of nitrogens with zero attached hydrogens (tertiary/aromatic N) is 2. The van der Waals surface area contributed by atoms with Crippen molar-refractivity contribution in [3.05, 3.63) is 53.6 Å². The zero-order valence-corrected chi connectivity index (χ0v) is 11.4. The number of fused-ring (bicyclic) bond motifs is 1. The Balaban J connectivity index is 1.95. The number of pyridine rings is 1. The molecule has 0 fully saturated rings. The average molecular weight is 254 g/mol. The maximum Gasteiger partial charge on any atom is 0.165 e. The highest BCUT2D eigenvalue weighted by Gasteiger charge is 2.32. The van der Waals surface area contributed by atoms with Gasteiger partial charge in [-0.2, -0.15) is 0 Å². The molecule has 0 saturated heterocycles. The largest absolute Gasteiger partial charge is 0.345 e. The highest BCUT2D eigenvalue weighted by molar-refractivity contribution is 5.98. The van der Waals surface area contributed by atoms with Crippen LogP contribution in [0.5, 0.6) is 0 Å². The van der Waals surface area contributed by atoms with Gasteiger partial charge in [-0.1, -0.05) is 19.9 Å². The van der Waals surface area contributed by atoms with E-state index < -0.39 is 0 Å². The minimum atomic E-state index is 0.0598. The van der Waals surface area contributed by atoms with Gasteiger partial charge in [0.15, 0.2) is 5.78 Å². The van der Waals surface area contributed by atoms with Crippen molar-refractivity contribution in [1.82, 2.24) is 9.55 Å². The summed E-state index contributed by atoms with van der Waals surface area (Å²) in [6, 6.07) is 7.88.